The number of aromatic nitrogens is 1. The summed E-state index contributed by atoms with van der Waals surface area (Å²) in [7, 11) is -2.34. The number of benzene rings is 2. The average Bonchev–Trinajstić information content (AvgIpc) is 4.08. The quantitative estimate of drug-likeness (QED) is 0.310. The van der Waals surface area contributed by atoms with Crippen molar-refractivity contribution in [1.29, 1.82) is 0 Å². The summed E-state index contributed by atoms with van der Waals surface area (Å²) in [6.45, 7) is 3.58. The number of hydrogen-bond acceptors (Lipinski definition) is 8. The van der Waals surface area contributed by atoms with Crippen molar-refractivity contribution >= 4 is 50.4 Å². The minimum atomic E-state index is -3.98. The van der Waals surface area contributed by atoms with Crippen LogP contribution in [0.4, 0.5) is 10.5 Å². The minimum absolute atomic E-state index is 0.0752. The van der Waals surface area contributed by atoms with Gasteiger partial charge in [0, 0.05) is 36.0 Å². The summed E-state index contributed by atoms with van der Waals surface area (Å²) in [5, 5.41) is 6.94. The van der Waals surface area contributed by atoms with Crippen LogP contribution in [-0.4, -0.2) is 83.6 Å². The van der Waals surface area contributed by atoms with Crippen molar-refractivity contribution in [2.45, 2.75) is 112 Å². The highest BCUT2D eigenvalue weighted by molar-refractivity contribution is 7.91. The summed E-state index contributed by atoms with van der Waals surface area (Å²) in [6, 6.07) is 14.6. The molecule has 56 heavy (non-hydrogen) atoms. The zero-order valence-corrected chi connectivity index (χ0v) is 33.0. The number of allylic oxidation sites excluding steroid dienone is 1. The number of pyridine rings is 1. The molecule has 2 saturated carbocycles. The van der Waals surface area contributed by atoms with Gasteiger partial charge in [0.05, 0.1) is 22.5 Å². The zero-order chi connectivity index (χ0) is 39.5. The van der Waals surface area contributed by atoms with Crippen molar-refractivity contribution in [2.75, 3.05) is 18.5 Å². The lowest BCUT2D eigenvalue weighted by Crippen LogP contribution is -2.59. The largest absolute Gasteiger partial charge is 0.483 e. The minimum Gasteiger partial charge on any atom is -0.483 e. The number of amides is 5. The maximum absolute atomic E-state index is 14.9. The molecule has 0 radical (unpaired) electrons. The van der Waals surface area contributed by atoms with Crippen LogP contribution in [0.3, 0.4) is 0 Å². The number of sulfonamides is 1. The molecule has 5 atom stereocenters. The molecule has 13 nitrogen and oxygen atoms in total. The topological polar surface area (TPSA) is 167 Å². The van der Waals surface area contributed by atoms with Gasteiger partial charge in [-0.25, -0.2) is 18.2 Å². The fourth-order valence-corrected chi connectivity index (χ4v) is 9.97. The summed E-state index contributed by atoms with van der Waals surface area (Å²) in [6.07, 6.45) is 9.61. The molecule has 8 rings (SSSR count). The Kier molecular flexibility index (Phi) is 9.61. The standard InChI is InChI=1S/C42H50N6O7S/c1-27-35-31(30-17-12-13-18-32(30)43-27)20-21-41(55-35)25-34-36(49)45-42(38(51)46-56(53,54)40(2)22-23-40)24-28(42)14-8-5-4-6-11-19-33(37(50)48(34)26-41)44-39(52)47(3)29-15-9-7-10-16-29/h7-10,12-18,28,33-34H,4-6,11,19-26H2,1-3H3,(H,44,52)(H,45,49)(H,46,51)/t28-,33+,34+,41-,42-/m1/s1. The molecule has 1 spiro atoms. The smallest absolute Gasteiger partial charge is 0.322 e. The highest BCUT2D eigenvalue weighted by atomic mass is 32.2. The summed E-state index contributed by atoms with van der Waals surface area (Å²) >= 11 is 0. The van der Waals surface area contributed by atoms with Gasteiger partial charge in [-0.1, -0.05) is 61.4 Å². The van der Waals surface area contributed by atoms with E-state index in [4.69, 9.17) is 9.72 Å². The zero-order valence-electron chi connectivity index (χ0n) is 32.2. The molecule has 3 aliphatic heterocycles. The van der Waals surface area contributed by atoms with E-state index in [0.717, 1.165) is 29.3 Å². The van der Waals surface area contributed by atoms with E-state index in [1.54, 1.807) is 14.0 Å². The van der Waals surface area contributed by atoms with E-state index in [-0.39, 0.29) is 19.4 Å². The number of carbonyl (C=O) groups is 4. The van der Waals surface area contributed by atoms with Gasteiger partial charge in [0.1, 0.15) is 29.0 Å². The molecule has 1 saturated heterocycles. The maximum Gasteiger partial charge on any atom is 0.322 e. The van der Waals surface area contributed by atoms with E-state index < -0.39 is 67.7 Å². The van der Waals surface area contributed by atoms with Gasteiger partial charge in [-0.05, 0) is 83.4 Å². The summed E-state index contributed by atoms with van der Waals surface area (Å²) in [4.78, 5) is 65.1. The Morgan fingerprint density at radius 2 is 1.75 bits per heavy atom. The van der Waals surface area contributed by atoms with Crippen LogP contribution in [0.15, 0.2) is 66.7 Å². The maximum atomic E-state index is 14.9. The van der Waals surface area contributed by atoms with Crippen molar-refractivity contribution < 1.29 is 32.3 Å². The van der Waals surface area contributed by atoms with E-state index in [2.05, 4.69) is 15.4 Å². The highest BCUT2D eigenvalue weighted by Crippen LogP contribution is 2.49. The Hall–Kier alpha value is -4.98. The van der Waals surface area contributed by atoms with Gasteiger partial charge in [-0.2, -0.15) is 0 Å². The second-order valence-corrected chi connectivity index (χ2v) is 18.8. The molecule has 3 N–H and O–H groups in total. The number of para-hydroxylation sites is 2. The average molecular weight is 783 g/mol. The predicted molar refractivity (Wildman–Crippen MR) is 211 cm³/mol. The number of hydrogen-bond donors (Lipinski definition) is 3. The number of urea groups is 1. The summed E-state index contributed by atoms with van der Waals surface area (Å²) in [5.41, 5.74) is 0.808. The predicted octanol–water partition coefficient (Wildman–Crippen LogP) is 4.82. The molecule has 5 amide bonds. The van der Waals surface area contributed by atoms with E-state index in [1.807, 2.05) is 73.7 Å². The molecule has 1 aromatic heterocycles. The molecule has 2 aromatic carbocycles. The molecule has 2 aliphatic carbocycles. The molecule has 296 valence electrons. The van der Waals surface area contributed by atoms with Crippen LogP contribution in [0.2, 0.25) is 0 Å². The first-order chi connectivity index (χ1) is 26.7. The third-order valence-electron chi connectivity index (χ3n) is 12.6. The van der Waals surface area contributed by atoms with Crippen molar-refractivity contribution in [3.05, 3.63) is 78.0 Å². The Morgan fingerprint density at radius 3 is 2.52 bits per heavy atom. The number of nitrogens with zero attached hydrogens (tertiary/aromatic N) is 3. The molecule has 5 aliphatic rings. The second kappa shape index (κ2) is 14.2. The number of fused-ring (bicyclic) bond motifs is 5. The van der Waals surface area contributed by atoms with Crippen molar-refractivity contribution in [1.82, 2.24) is 25.2 Å². The molecular formula is C42H50N6O7S. The third kappa shape index (κ3) is 6.90. The Bertz CT molecular complexity index is 2230. The fraction of sp³-hybridized carbons (Fsp3) is 0.500. The summed E-state index contributed by atoms with van der Waals surface area (Å²) < 4.78 is 34.6. The lowest BCUT2D eigenvalue weighted by atomic mass is 9.87. The van der Waals surface area contributed by atoms with Crippen LogP contribution in [0.5, 0.6) is 5.75 Å². The Morgan fingerprint density at radius 1 is 1.00 bits per heavy atom. The number of anilines is 1. The Labute approximate surface area is 327 Å². The molecule has 3 fully saturated rings. The second-order valence-electron chi connectivity index (χ2n) is 16.6. The van der Waals surface area contributed by atoms with Crippen molar-refractivity contribution in [3.8, 4) is 5.75 Å². The van der Waals surface area contributed by atoms with Gasteiger partial charge < -0.3 is 20.3 Å². The molecule has 0 bridgehead atoms. The molecule has 4 heterocycles. The number of ether oxygens (including phenoxy) is 1. The van der Waals surface area contributed by atoms with E-state index in [1.165, 1.54) is 9.80 Å². The van der Waals surface area contributed by atoms with Crippen LogP contribution in [0.1, 0.15) is 82.4 Å². The van der Waals surface area contributed by atoms with Crippen molar-refractivity contribution in [2.24, 2.45) is 5.92 Å². The van der Waals surface area contributed by atoms with Gasteiger partial charge >= 0.3 is 6.03 Å². The van der Waals surface area contributed by atoms with E-state index >= 15 is 0 Å². The number of aryl methyl sites for hydroxylation is 2. The van der Waals surface area contributed by atoms with Gasteiger partial charge in [0.15, 0.2) is 0 Å². The van der Waals surface area contributed by atoms with Gasteiger partial charge in [-0.15, -0.1) is 0 Å². The first-order valence-electron chi connectivity index (χ1n) is 19.8. The van der Waals surface area contributed by atoms with Crippen LogP contribution >= 0.6 is 0 Å². The number of rotatable bonds is 5. The molecule has 0 unspecified atom stereocenters. The van der Waals surface area contributed by atoms with Crippen molar-refractivity contribution in [3.63, 3.8) is 0 Å². The first kappa shape index (κ1) is 37.9. The highest BCUT2D eigenvalue weighted by Gasteiger charge is 2.64. The SMILES string of the molecule is Cc1nc2ccccc2c2c1O[C@]1(CC2)C[C@H]2C(=O)N[C@]3(C(=O)NS(=O)(=O)C4(C)CC4)C[C@H]3C=CCCCCC[C@H](NC(=O)N(C)c3ccccc3)C(=O)N2C1. The number of carbonyl (C=O) groups excluding carboxylic acids is 4. The fourth-order valence-electron chi connectivity index (χ4n) is 8.66. The van der Waals surface area contributed by atoms with Gasteiger partial charge in [0.25, 0.3) is 5.91 Å². The molecule has 14 heteroatoms. The lowest BCUT2D eigenvalue weighted by Gasteiger charge is -2.36. The molecular weight excluding hydrogens is 733 g/mol. The van der Waals surface area contributed by atoms with E-state index in [9.17, 15) is 27.6 Å². The lowest BCUT2D eigenvalue weighted by molar-refractivity contribution is -0.141. The van der Waals surface area contributed by atoms with Crippen LogP contribution in [0, 0.1) is 12.8 Å². The van der Waals surface area contributed by atoms with Crippen LogP contribution in [-0.2, 0) is 30.8 Å². The Balaban J connectivity index is 1.13. The monoisotopic (exact) mass is 782 g/mol. The van der Waals surface area contributed by atoms with E-state index in [0.29, 0.717) is 62.1 Å². The normalized spacial score (nSPS) is 28.4. The van der Waals surface area contributed by atoms with Crippen LogP contribution < -0.4 is 25.0 Å². The third-order valence-corrected chi connectivity index (χ3v) is 14.8. The van der Waals surface area contributed by atoms with Gasteiger partial charge in [0.2, 0.25) is 21.8 Å². The summed E-state index contributed by atoms with van der Waals surface area (Å²) in [5.74, 6) is -1.53. The van der Waals surface area contributed by atoms with Gasteiger partial charge in [-0.3, -0.25) is 24.0 Å². The molecule has 3 aromatic rings. The first-order valence-corrected chi connectivity index (χ1v) is 21.3. The van der Waals surface area contributed by atoms with Crippen LogP contribution in [0.25, 0.3) is 10.9 Å². The number of nitrogens with one attached hydrogen (secondary N) is 3.